The molecule has 2 aliphatic heterocycles. The van der Waals surface area contributed by atoms with Gasteiger partial charge in [0, 0.05) is 44.6 Å². The Morgan fingerprint density at radius 1 is 0.844 bits per heavy atom. The average molecular weight is 452 g/mol. The molecular weight excluding hydrogens is 432 g/mol. The van der Waals surface area contributed by atoms with Crippen molar-refractivity contribution in [2.24, 2.45) is 0 Å². The molecule has 2 aromatic rings. The fraction of sp³-hybridized carbons (Fsp3) is 0.273. The fourth-order valence-corrected chi connectivity index (χ4v) is 5.20. The quantitative estimate of drug-likeness (QED) is 0.646. The Morgan fingerprint density at radius 3 is 1.94 bits per heavy atom. The first-order valence-corrected chi connectivity index (χ1v) is 11.5. The molecule has 0 spiro atoms. The molecule has 3 amide bonds. The van der Waals surface area contributed by atoms with Crippen LogP contribution in [0, 0.1) is 11.3 Å². The van der Waals surface area contributed by atoms with Crippen LogP contribution in [0.5, 0.6) is 0 Å². The van der Waals surface area contributed by atoms with Gasteiger partial charge in [-0.2, -0.15) is 9.57 Å². The molecule has 2 heterocycles. The van der Waals surface area contributed by atoms with Gasteiger partial charge in [-0.3, -0.25) is 19.3 Å². The third kappa shape index (κ3) is 4.00. The maximum atomic E-state index is 12.8. The lowest BCUT2D eigenvalue weighted by Crippen LogP contribution is -2.50. The second kappa shape index (κ2) is 8.53. The van der Waals surface area contributed by atoms with Crippen molar-refractivity contribution < 1.29 is 22.8 Å². The number of carbonyl (C=O) groups excluding carboxylic acids is 3. The van der Waals surface area contributed by atoms with E-state index in [1.54, 1.807) is 29.2 Å². The van der Waals surface area contributed by atoms with Crippen LogP contribution in [-0.4, -0.2) is 61.5 Å². The minimum absolute atomic E-state index is 0.109. The van der Waals surface area contributed by atoms with Crippen LogP contribution < -0.4 is 4.90 Å². The van der Waals surface area contributed by atoms with Crippen molar-refractivity contribution in [2.45, 2.75) is 17.7 Å². The molecule has 164 valence electrons. The van der Waals surface area contributed by atoms with E-state index in [1.165, 1.54) is 28.6 Å². The number of imide groups is 1. The summed E-state index contributed by atoms with van der Waals surface area (Å²) in [4.78, 5) is 39.4. The van der Waals surface area contributed by atoms with Crippen molar-refractivity contribution in [3.63, 3.8) is 0 Å². The summed E-state index contributed by atoms with van der Waals surface area (Å²) in [6.45, 7) is 0.782. The monoisotopic (exact) mass is 452 g/mol. The number of amides is 3. The minimum atomic E-state index is -3.71. The standard InChI is InChI=1S/C22H20N4O5S/c23-15-16-1-7-19(8-2-16)32(30,31)25-13-11-24(12-14-25)22(29)17-3-5-18(6-4-17)26-20(27)9-10-21(26)28/h1-8H,9-14H2. The molecule has 4 rings (SSSR count). The fourth-order valence-electron chi connectivity index (χ4n) is 3.78. The summed E-state index contributed by atoms with van der Waals surface area (Å²) in [5.74, 6) is -0.756. The summed E-state index contributed by atoms with van der Waals surface area (Å²) >= 11 is 0. The van der Waals surface area contributed by atoms with Gasteiger partial charge in [0.25, 0.3) is 5.91 Å². The van der Waals surface area contributed by atoms with Gasteiger partial charge in [0.1, 0.15) is 0 Å². The van der Waals surface area contributed by atoms with Crippen molar-refractivity contribution in [1.29, 1.82) is 5.26 Å². The van der Waals surface area contributed by atoms with Crippen molar-refractivity contribution in [3.8, 4) is 6.07 Å². The molecule has 2 aromatic carbocycles. The Labute approximate surface area is 185 Å². The maximum absolute atomic E-state index is 12.8. The molecule has 0 saturated carbocycles. The molecule has 0 aromatic heterocycles. The Kier molecular flexibility index (Phi) is 5.78. The molecule has 9 nitrogen and oxygen atoms in total. The van der Waals surface area contributed by atoms with Gasteiger partial charge in [0.2, 0.25) is 21.8 Å². The number of piperazine rings is 1. The Morgan fingerprint density at radius 2 is 1.41 bits per heavy atom. The topological polar surface area (TPSA) is 119 Å². The van der Waals surface area contributed by atoms with Gasteiger partial charge in [0.15, 0.2) is 0 Å². The number of anilines is 1. The van der Waals surface area contributed by atoms with Gasteiger partial charge in [-0.05, 0) is 48.5 Å². The second-order valence-corrected chi connectivity index (χ2v) is 9.44. The highest BCUT2D eigenvalue weighted by atomic mass is 32.2. The zero-order valence-electron chi connectivity index (χ0n) is 17.1. The Balaban J connectivity index is 1.40. The van der Waals surface area contributed by atoms with Crippen LogP contribution in [0.3, 0.4) is 0 Å². The number of rotatable bonds is 4. The normalized spacial score (nSPS) is 17.5. The van der Waals surface area contributed by atoms with Crippen LogP contribution in [0.2, 0.25) is 0 Å². The molecule has 2 saturated heterocycles. The molecule has 0 atom stereocenters. The minimum Gasteiger partial charge on any atom is -0.336 e. The first-order valence-electron chi connectivity index (χ1n) is 10.1. The number of benzene rings is 2. The number of hydrogen-bond acceptors (Lipinski definition) is 6. The number of nitrogens with zero attached hydrogens (tertiary/aromatic N) is 4. The SMILES string of the molecule is N#Cc1ccc(S(=O)(=O)N2CCN(C(=O)c3ccc(N4C(=O)CCC4=O)cc3)CC2)cc1. The second-order valence-electron chi connectivity index (χ2n) is 7.50. The van der Waals surface area contributed by atoms with Gasteiger partial charge in [0.05, 0.1) is 22.2 Å². The van der Waals surface area contributed by atoms with Crippen molar-refractivity contribution in [3.05, 3.63) is 59.7 Å². The largest absolute Gasteiger partial charge is 0.336 e. The zero-order chi connectivity index (χ0) is 22.9. The van der Waals surface area contributed by atoms with E-state index in [4.69, 9.17) is 5.26 Å². The van der Waals surface area contributed by atoms with E-state index in [0.717, 1.165) is 4.90 Å². The summed E-state index contributed by atoms with van der Waals surface area (Å²) in [7, 11) is -3.71. The summed E-state index contributed by atoms with van der Waals surface area (Å²) in [5.41, 5.74) is 1.22. The number of sulfonamides is 1. The third-order valence-corrected chi connectivity index (χ3v) is 7.48. The molecule has 0 bridgehead atoms. The van der Waals surface area contributed by atoms with Gasteiger partial charge < -0.3 is 4.90 Å². The molecular formula is C22H20N4O5S. The molecule has 0 radical (unpaired) electrons. The highest BCUT2D eigenvalue weighted by Gasteiger charge is 2.32. The van der Waals surface area contributed by atoms with E-state index in [-0.39, 0.29) is 61.6 Å². The predicted molar refractivity (Wildman–Crippen MR) is 114 cm³/mol. The molecule has 0 N–H and O–H groups in total. The van der Waals surface area contributed by atoms with E-state index >= 15 is 0 Å². The number of nitriles is 1. The van der Waals surface area contributed by atoms with Crippen LogP contribution in [0.1, 0.15) is 28.8 Å². The first-order chi connectivity index (χ1) is 15.3. The van der Waals surface area contributed by atoms with E-state index in [2.05, 4.69) is 0 Å². The van der Waals surface area contributed by atoms with Gasteiger partial charge >= 0.3 is 0 Å². The summed E-state index contributed by atoms with van der Waals surface area (Å²) < 4.78 is 27.0. The van der Waals surface area contributed by atoms with Gasteiger partial charge in [-0.15, -0.1) is 0 Å². The lowest BCUT2D eigenvalue weighted by molar-refractivity contribution is -0.121. The van der Waals surface area contributed by atoms with Crippen molar-refractivity contribution in [2.75, 3.05) is 31.1 Å². The smallest absolute Gasteiger partial charge is 0.253 e. The Hall–Kier alpha value is -3.55. The highest BCUT2D eigenvalue weighted by Crippen LogP contribution is 2.24. The zero-order valence-corrected chi connectivity index (χ0v) is 17.9. The van der Waals surface area contributed by atoms with Crippen LogP contribution in [0.15, 0.2) is 53.4 Å². The van der Waals surface area contributed by atoms with Gasteiger partial charge in [-0.25, -0.2) is 8.42 Å². The maximum Gasteiger partial charge on any atom is 0.253 e. The number of hydrogen-bond donors (Lipinski definition) is 0. The first kappa shape index (κ1) is 21.7. The van der Waals surface area contributed by atoms with Gasteiger partial charge in [-0.1, -0.05) is 0 Å². The van der Waals surface area contributed by atoms with E-state index in [1.807, 2.05) is 6.07 Å². The molecule has 0 unspecified atom stereocenters. The molecule has 2 fully saturated rings. The lowest BCUT2D eigenvalue weighted by atomic mass is 10.1. The van der Waals surface area contributed by atoms with Crippen molar-refractivity contribution in [1.82, 2.24) is 9.21 Å². The Bertz CT molecular complexity index is 1190. The van der Waals surface area contributed by atoms with Crippen LogP contribution in [0.4, 0.5) is 5.69 Å². The van der Waals surface area contributed by atoms with E-state index < -0.39 is 10.0 Å². The predicted octanol–water partition coefficient (Wildman–Crippen LogP) is 1.36. The highest BCUT2D eigenvalue weighted by molar-refractivity contribution is 7.89. The van der Waals surface area contributed by atoms with E-state index in [0.29, 0.717) is 16.8 Å². The summed E-state index contributed by atoms with van der Waals surface area (Å²) in [6.07, 6.45) is 0.379. The summed E-state index contributed by atoms with van der Waals surface area (Å²) in [5, 5.41) is 8.87. The summed E-state index contributed by atoms with van der Waals surface area (Å²) in [6, 6.07) is 14.0. The molecule has 10 heteroatoms. The molecule has 2 aliphatic rings. The van der Waals surface area contributed by atoms with Crippen molar-refractivity contribution >= 4 is 33.4 Å². The van der Waals surface area contributed by atoms with E-state index in [9.17, 15) is 22.8 Å². The number of carbonyl (C=O) groups is 3. The third-order valence-electron chi connectivity index (χ3n) is 5.57. The molecule has 32 heavy (non-hydrogen) atoms. The van der Waals surface area contributed by atoms with Crippen LogP contribution >= 0.6 is 0 Å². The average Bonchev–Trinajstić information content (AvgIpc) is 3.16. The van der Waals surface area contributed by atoms with Crippen LogP contribution in [0.25, 0.3) is 0 Å². The van der Waals surface area contributed by atoms with Crippen LogP contribution in [-0.2, 0) is 19.6 Å². The molecule has 0 aliphatic carbocycles. The lowest BCUT2D eigenvalue weighted by Gasteiger charge is -2.34.